The Labute approximate surface area is 245 Å². The number of halogens is 3. The molecule has 1 aliphatic rings. The zero-order chi connectivity index (χ0) is 28.4. The summed E-state index contributed by atoms with van der Waals surface area (Å²) in [6.07, 6.45) is 4.27. The SMILES string of the molecule is O=C(O)c1ccc(NC(=O)C2c3cccc(I)c3CCN2C(=O)/C=C/c2c(-n3cnnn3)ccc(Cl)c2F)cc1. The van der Waals surface area contributed by atoms with Gasteiger partial charge in [0.25, 0.3) is 5.91 Å². The molecule has 10 nitrogen and oxygen atoms in total. The van der Waals surface area contributed by atoms with Crippen LogP contribution in [0.4, 0.5) is 10.1 Å². The highest BCUT2D eigenvalue weighted by Crippen LogP contribution is 2.34. The Hall–Kier alpha value is -4.17. The molecule has 2 N–H and O–H groups in total. The molecule has 1 atom stereocenters. The number of hydrogen-bond donors (Lipinski definition) is 2. The predicted molar refractivity (Wildman–Crippen MR) is 153 cm³/mol. The molecular weight excluding hydrogens is 654 g/mol. The second-order valence-electron chi connectivity index (χ2n) is 8.75. The van der Waals surface area contributed by atoms with Crippen LogP contribution in [0.3, 0.4) is 0 Å². The molecule has 1 aromatic heterocycles. The lowest BCUT2D eigenvalue weighted by Gasteiger charge is -2.36. The third kappa shape index (κ3) is 5.45. The van der Waals surface area contributed by atoms with Crippen LogP contribution in [0.25, 0.3) is 11.8 Å². The smallest absolute Gasteiger partial charge is 0.335 e. The van der Waals surface area contributed by atoms with E-state index >= 15 is 4.39 Å². The van der Waals surface area contributed by atoms with Crippen molar-refractivity contribution in [3.05, 3.63) is 104 Å². The molecule has 0 saturated carbocycles. The van der Waals surface area contributed by atoms with Gasteiger partial charge in [0.05, 0.1) is 16.3 Å². The molecule has 2 amide bonds. The van der Waals surface area contributed by atoms with E-state index in [4.69, 9.17) is 16.7 Å². The minimum absolute atomic E-state index is 0.000343. The van der Waals surface area contributed by atoms with Crippen molar-refractivity contribution in [1.82, 2.24) is 25.1 Å². The van der Waals surface area contributed by atoms with Gasteiger partial charge in [-0.25, -0.2) is 9.18 Å². The van der Waals surface area contributed by atoms with Gasteiger partial charge in [-0.3, -0.25) is 9.59 Å². The normalized spacial score (nSPS) is 14.7. The van der Waals surface area contributed by atoms with Gasteiger partial charge in [-0.2, -0.15) is 4.68 Å². The first kappa shape index (κ1) is 27.4. The third-order valence-corrected chi connectivity index (χ3v) is 7.70. The first-order chi connectivity index (χ1) is 19.2. The largest absolute Gasteiger partial charge is 0.478 e. The number of benzene rings is 3. The van der Waals surface area contributed by atoms with Gasteiger partial charge in [0.15, 0.2) is 5.82 Å². The number of carboxylic acid groups (broad SMARTS) is 1. The summed E-state index contributed by atoms with van der Waals surface area (Å²) < 4.78 is 17.2. The fourth-order valence-corrected chi connectivity index (χ4v) is 5.44. The number of amides is 2. The minimum Gasteiger partial charge on any atom is -0.478 e. The number of tetrazole rings is 1. The quantitative estimate of drug-likeness (QED) is 0.227. The number of carbonyl (C=O) groups excluding carboxylic acids is 2. The number of aromatic carboxylic acids is 1. The molecule has 13 heteroatoms. The number of aromatic nitrogens is 4. The van der Waals surface area contributed by atoms with Crippen molar-refractivity contribution in [2.45, 2.75) is 12.5 Å². The second kappa shape index (κ2) is 11.5. The predicted octanol–water partition coefficient (Wildman–Crippen LogP) is 4.54. The summed E-state index contributed by atoms with van der Waals surface area (Å²) in [7, 11) is 0. The van der Waals surface area contributed by atoms with Gasteiger partial charge < -0.3 is 15.3 Å². The number of rotatable bonds is 6. The van der Waals surface area contributed by atoms with E-state index in [2.05, 4.69) is 43.4 Å². The van der Waals surface area contributed by atoms with Crippen molar-refractivity contribution in [1.29, 1.82) is 0 Å². The Kier molecular flexibility index (Phi) is 7.89. The number of hydrogen-bond acceptors (Lipinski definition) is 6. The Morgan fingerprint density at radius 3 is 2.60 bits per heavy atom. The zero-order valence-corrected chi connectivity index (χ0v) is 23.4. The molecule has 202 valence electrons. The van der Waals surface area contributed by atoms with Gasteiger partial charge in [-0.05, 0) is 99.1 Å². The number of anilines is 1. The summed E-state index contributed by atoms with van der Waals surface area (Å²) in [6, 6.07) is 13.2. The summed E-state index contributed by atoms with van der Waals surface area (Å²) in [6.45, 7) is 0.240. The lowest BCUT2D eigenvalue weighted by molar-refractivity contribution is -0.135. The van der Waals surface area contributed by atoms with Gasteiger partial charge in [-0.15, -0.1) is 5.10 Å². The van der Waals surface area contributed by atoms with Crippen LogP contribution in [0.5, 0.6) is 0 Å². The number of carbonyl (C=O) groups is 3. The molecule has 0 radical (unpaired) electrons. The molecule has 0 bridgehead atoms. The lowest BCUT2D eigenvalue weighted by Crippen LogP contribution is -2.45. The molecule has 0 fully saturated rings. The maximum absolute atomic E-state index is 15.0. The van der Waals surface area contributed by atoms with E-state index in [0.29, 0.717) is 17.7 Å². The molecule has 0 aliphatic carbocycles. The van der Waals surface area contributed by atoms with Crippen molar-refractivity contribution < 1.29 is 23.9 Å². The number of carboxylic acids is 1. The molecule has 0 saturated heterocycles. The summed E-state index contributed by atoms with van der Waals surface area (Å²) in [4.78, 5) is 39.7. The maximum Gasteiger partial charge on any atom is 0.335 e. The Morgan fingerprint density at radius 1 is 1.12 bits per heavy atom. The standard InChI is InChI=1S/C27H19ClFIN6O4/c28-20-9-10-22(36-14-31-33-34-36)19(24(20)29)8-11-23(37)35-13-12-17-18(2-1-3-21(17)30)25(35)26(38)32-16-6-4-15(5-7-16)27(39)40/h1-11,14,25H,12-13H2,(H,32,38)(H,39,40)/b11-8+. The van der Waals surface area contributed by atoms with Crippen LogP contribution in [0, 0.1) is 9.39 Å². The van der Waals surface area contributed by atoms with Gasteiger partial charge in [0, 0.05) is 27.4 Å². The molecular formula is C27H19ClFIN6O4. The van der Waals surface area contributed by atoms with E-state index < -0.39 is 29.6 Å². The fraction of sp³-hybridized carbons (Fsp3) is 0.111. The van der Waals surface area contributed by atoms with Gasteiger partial charge in [0.2, 0.25) is 5.91 Å². The van der Waals surface area contributed by atoms with Gasteiger partial charge in [-0.1, -0.05) is 23.7 Å². The van der Waals surface area contributed by atoms with E-state index in [1.54, 1.807) is 6.07 Å². The van der Waals surface area contributed by atoms with Crippen molar-refractivity contribution >= 4 is 63.7 Å². The molecule has 0 spiro atoms. The van der Waals surface area contributed by atoms with Crippen LogP contribution >= 0.6 is 34.2 Å². The van der Waals surface area contributed by atoms with Crippen LogP contribution in [0.15, 0.2) is 67.0 Å². The van der Waals surface area contributed by atoms with Gasteiger partial charge >= 0.3 is 5.97 Å². The first-order valence-corrected chi connectivity index (χ1v) is 13.3. The molecule has 4 aromatic rings. The molecule has 2 heterocycles. The Balaban J connectivity index is 1.48. The maximum atomic E-state index is 15.0. The average molecular weight is 673 g/mol. The van der Waals surface area contributed by atoms with E-state index in [-0.39, 0.29) is 28.4 Å². The van der Waals surface area contributed by atoms with Crippen molar-refractivity contribution in [3.63, 3.8) is 0 Å². The summed E-state index contributed by atoms with van der Waals surface area (Å²) >= 11 is 8.20. The lowest BCUT2D eigenvalue weighted by atomic mass is 9.91. The third-order valence-electron chi connectivity index (χ3n) is 6.39. The average Bonchev–Trinajstić information content (AvgIpc) is 3.48. The zero-order valence-electron chi connectivity index (χ0n) is 20.5. The summed E-state index contributed by atoms with van der Waals surface area (Å²) in [5.74, 6) is -2.84. The monoisotopic (exact) mass is 672 g/mol. The summed E-state index contributed by atoms with van der Waals surface area (Å²) in [5.41, 5.74) is 2.35. The molecule has 3 aromatic carbocycles. The van der Waals surface area contributed by atoms with E-state index in [0.717, 1.165) is 9.13 Å². The topological polar surface area (TPSA) is 130 Å². The highest BCUT2D eigenvalue weighted by Gasteiger charge is 2.36. The van der Waals surface area contributed by atoms with E-state index in [1.165, 1.54) is 64.5 Å². The van der Waals surface area contributed by atoms with Crippen LogP contribution in [0.1, 0.15) is 33.1 Å². The fourth-order valence-electron chi connectivity index (χ4n) is 4.49. The summed E-state index contributed by atoms with van der Waals surface area (Å²) in [5, 5.41) is 22.7. The van der Waals surface area contributed by atoms with Crippen LogP contribution in [0.2, 0.25) is 5.02 Å². The van der Waals surface area contributed by atoms with Gasteiger partial charge in [0.1, 0.15) is 12.4 Å². The number of fused-ring (bicyclic) bond motifs is 1. The Morgan fingerprint density at radius 2 is 1.90 bits per heavy atom. The first-order valence-electron chi connectivity index (χ1n) is 11.9. The molecule has 1 aliphatic heterocycles. The van der Waals surface area contributed by atoms with Crippen LogP contribution in [-0.4, -0.2) is 54.5 Å². The molecule has 1 unspecified atom stereocenters. The van der Waals surface area contributed by atoms with Crippen LogP contribution in [-0.2, 0) is 16.0 Å². The molecule has 5 rings (SSSR count). The van der Waals surface area contributed by atoms with Crippen molar-refractivity contribution in [3.8, 4) is 5.69 Å². The van der Waals surface area contributed by atoms with Crippen LogP contribution < -0.4 is 5.32 Å². The molecule has 40 heavy (non-hydrogen) atoms. The van der Waals surface area contributed by atoms with E-state index in [1.807, 2.05) is 12.1 Å². The highest BCUT2D eigenvalue weighted by molar-refractivity contribution is 14.1. The highest BCUT2D eigenvalue weighted by atomic mass is 127. The second-order valence-corrected chi connectivity index (χ2v) is 10.3. The number of nitrogens with zero attached hydrogens (tertiary/aromatic N) is 5. The minimum atomic E-state index is -1.09. The van der Waals surface area contributed by atoms with Crippen molar-refractivity contribution in [2.75, 3.05) is 11.9 Å². The van der Waals surface area contributed by atoms with E-state index in [9.17, 15) is 14.4 Å². The Bertz CT molecular complexity index is 1650. The number of nitrogens with one attached hydrogen (secondary N) is 1. The van der Waals surface area contributed by atoms with Crippen molar-refractivity contribution in [2.24, 2.45) is 0 Å².